The molecule has 11 heteroatoms. The van der Waals surface area contributed by atoms with Crippen LogP contribution in [0, 0.1) is 0 Å². The first-order chi connectivity index (χ1) is 15.5. The molecular formula is C22H27Cl2N3O5S. The summed E-state index contributed by atoms with van der Waals surface area (Å²) >= 11 is 12.1. The molecular weight excluding hydrogens is 489 g/mol. The Morgan fingerprint density at radius 3 is 2.27 bits per heavy atom. The smallest absolute Gasteiger partial charge is 0.244 e. The normalized spacial score (nSPS) is 12.1. The van der Waals surface area contributed by atoms with Crippen molar-refractivity contribution in [2.75, 3.05) is 31.3 Å². The van der Waals surface area contributed by atoms with Crippen molar-refractivity contribution in [2.45, 2.75) is 25.9 Å². The van der Waals surface area contributed by atoms with Gasteiger partial charge in [-0.15, -0.1) is 0 Å². The molecule has 2 aromatic carbocycles. The molecule has 2 aromatic rings. The molecule has 2 rings (SSSR count). The lowest BCUT2D eigenvalue weighted by Gasteiger charge is -2.32. The fraction of sp³-hybridized carbons (Fsp3) is 0.364. The number of nitrogens with zero attached hydrogens (tertiary/aromatic N) is 2. The van der Waals surface area contributed by atoms with E-state index in [-0.39, 0.29) is 28.2 Å². The number of halogens is 2. The van der Waals surface area contributed by atoms with Crippen LogP contribution < -0.4 is 14.4 Å². The minimum atomic E-state index is -3.87. The lowest BCUT2D eigenvalue weighted by atomic mass is 10.1. The molecule has 0 aliphatic rings. The van der Waals surface area contributed by atoms with Crippen molar-refractivity contribution >= 4 is 50.7 Å². The standard InChI is InChI=1S/C22H27Cl2N3O5S/c1-5-20(22(29)25-2)26(13-15-7-6-8-19(9-15)32-3)21(28)14-27(33(4,30)31)18-11-16(23)10-17(24)12-18/h6-12,20H,5,13-14H2,1-4H3,(H,25,29)/t20-/m1/s1. The van der Waals surface area contributed by atoms with Gasteiger partial charge in [0.2, 0.25) is 21.8 Å². The monoisotopic (exact) mass is 515 g/mol. The van der Waals surface area contributed by atoms with Crippen LogP contribution in [0.2, 0.25) is 10.0 Å². The number of sulfonamides is 1. The average Bonchev–Trinajstić information content (AvgIpc) is 2.75. The SMILES string of the molecule is CC[C@H](C(=O)NC)N(Cc1cccc(OC)c1)C(=O)CN(c1cc(Cl)cc(Cl)c1)S(C)(=O)=O. The van der Waals surface area contributed by atoms with E-state index in [1.807, 2.05) is 0 Å². The maximum absolute atomic E-state index is 13.5. The van der Waals surface area contributed by atoms with E-state index < -0.39 is 28.5 Å². The zero-order valence-electron chi connectivity index (χ0n) is 18.8. The van der Waals surface area contributed by atoms with Crippen LogP contribution in [0.25, 0.3) is 0 Å². The molecule has 33 heavy (non-hydrogen) atoms. The lowest BCUT2D eigenvalue weighted by molar-refractivity contribution is -0.140. The number of ether oxygens (including phenoxy) is 1. The number of likely N-dealkylation sites (N-methyl/N-ethyl adjacent to an activating group) is 1. The Bertz CT molecular complexity index is 1090. The van der Waals surface area contributed by atoms with Gasteiger partial charge < -0.3 is 15.0 Å². The number of carbonyl (C=O) groups excluding carboxylic acids is 2. The summed E-state index contributed by atoms with van der Waals surface area (Å²) in [5.74, 6) is -0.320. The Kier molecular flexibility index (Phi) is 9.39. The van der Waals surface area contributed by atoms with E-state index in [9.17, 15) is 18.0 Å². The Balaban J connectivity index is 2.47. The van der Waals surface area contributed by atoms with Gasteiger partial charge in [-0.25, -0.2) is 8.42 Å². The van der Waals surface area contributed by atoms with Crippen LogP contribution in [0.15, 0.2) is 42.5 Å². The van der Waals surface area contributed by atoms with E-state index in [0.29, 0.717) is 12.2 Å². The van der Waals surface area contributed by atoms with Gasteiger partial charge in [-0.1, -0.05) is 42.3 Å². The number of hydrogen-bond donors (Lipinski definition) is 1. The summed E-state index contributed by atoms with van der Waals surface area (Å²) in [5, 5.41) is 3.02. The third-order valence-electron chi connectivity index (χ3n) is 4.93. The molecule has 2 amide bonds. The number of benzene rings is 2. The molecule has 0 fully saturated rings. The summed E-state index contributed by atoms with van der Waals surface area (Å²) in [6.45, 7) is 1.32. The second-order valence-corrected chi connectivity index (χ2v) is 10.1. The van der Waals surface area contributed by atoms with Crippen LogP contribution in [0.4, 0.5) is 5.69 Å². The van der Waals surface area contributed by atoms with Gasteiger partial charge >= 0.3 is 0 Å². The number of methoxy groups -OCH3 is 1. The van der Waals surface area contributed by atoms with Gasteiger partial charge in [0.15, 0.2) is 0 Å². The number of amides is 2. The second kappa shape index (κ2) is 11.6. The summed E-state index contributed by atoms with van der Waals surface area (Å²) in [6, 6.07) is 10.6. The van der Waals surface area contributed by atoms with Gasteiger partial charge in [-0.2, -0.15) is 0 Å². The molecule has 0 aliphatic heterocycles. The highest BCUT2D eigenvalue weighted by Crippen LogP contribution is 2.27. The minimum Gasteiger partial charge on any atom is -0.497 e. The van der Waals surface area contributed by atoms with Crippen LogP contribution in [0.3, 0.4) is 0 Å². The van der Waals surface area contributed by atoms with E-state index in [1.54, 1.807) is 31.2 Å². The summed E-state index contributed by atoms with van der Waals surface area (Å²) < 4.78 is 31.3. The van der Waals surface area contributed by atoms with Gasteiger partial charge in [0, 0.05) is 23.6 Å². The van der Waals surface area contributed by atoms with Crippen molar-refractivity contribution in [1.29, 1.82) is 0 Å². The highest BCUT2D eigenvalue weighted by molar-refractivity contribution is 7.92. The van der Waals surface area contributed by atoms with Crippen LogP contribution in [0.5, 0.6) is 5.75 Å². The fourth-order valence-corrected chi connectivity index (χ4v) is 4.70. The third kappa shape index (κ3) is 7.25. The molecule has 0 aliphatic carbocycles. The number of nitrogens with one attached hydrogen (secondary N) is 1. The first kappa shape index (κ1) is 26.8. The Labute approximate surface area is 204 Å². The molecule has 0 saturated carbocycles. The summed E-state index contributed by atoms with van der Waals surface area (Å²) in [6.07, 6.45) is 1.31. The second-order valence-electron chi connectivity index (χ2n) is 7.31. The third-order valence-corrected chi connectivity index (χ3v) is 6.51. The van der Waals surface area contributed by atoms with E-state index in [2.05, 4.69) is 5.32 Å². The zero-order chi connectivity index (χ0) is 24.8. The van der Waals surface area contributed by atoms with Crippen molar-refractivity contribution in [3.8, 4) is 5.75 Å². The fourth-order valence-electron chi connectivity index (χ4n) is 3.35. The molecule has 0 bridgehead atoms. The molecule has 0 unspecified atom stereocenters. The molecule has 0 heterocycles. The van der Waals surface area contributed by atoms with E-state index >= 15 is 0 Å². The first-order valence-corrected chi connectivity index (χ1v) is 12.7. The Hall–Kier alpha value is -2.49. The average molecular weight is 516 g/mol. The van der Waals surface area contributed by atoms with Crippen molar-refractivity contribution in [3.05, 3.63) is 58.1 Å². The molecule has 0 saturated heterocycles. The van der Waals surface area contributed by atoms with Crippen molar-refractivity contribution in [1.82, 2.24) is 10.2 Å². The quantitative estimate of drug-likeness (QED) is 0.523. The molecule has 0 aromatic heterocycles. The van der Waals surface area contributed by atoms with Gasteiger partial charge in [-0.3, -0.25) is 13.9 Å². The molecule has 8 nitrogen and oxygen atoms in total. The van der Waals surface area contributed by atoms with Gasteiger partial charge in [0.1, 0.15) is 18.3 Å². The maximum Gasteiger partial charge on any atom is 0.244 e. The van der Waals surface area contributed by atoms with Crippen LogP contribution in [-0.4, -0.2) is 58.1 Å². The highest BCUT2D eigenvalue weighted by atomic mass is 35.5. The topological polar surface area (TPSA) is 96.0 Å². The number of hydrogen-bond acceptors (Lipinski definition) is 5. The Morgan fingerprint density at radius 1 is 1.12 bits per heavy atom. The van der Waals surface area contributed by atoms with Crippen LogP contribution >= 0.6 is 23.2 Å². The summed E-state index contributed by atoms with van der Waals surface area (Å²) in [4.78, 5) is 27.4. The predicted molar refractivity (Wildman–Crippen MR) is 130 cm³/mol. The minimum absolute atomic E-state index is 0.0792. The zero-order valence-corrected chi connectivity index (χ0v) is 21.2. The van der Waals surface area contributed by atoms with Gasteiger partial charge in [0.05, 0.1) is 19.1 Å². The van der Waals surface area contributed by atoms with Crippen molar-refractivity contribution in [2.24, 2.45) is 0 Å². The van der Waals surface area contributed by atoms with E-state index in [0.717, 1.165) is 16.1 Å². The molecule has 1 N–H and O–H groups in total. The first-order valence-electron chi connectivity index (χ1n) is 10.1. The molecule has 1 atom stereocenters. The maximum atomic E-state index is 13.5. The van der Waals surface area contributed by atoms with Gasteiger partial charge in [-0.05, 0) is 42.3 Å². The lowest BCUT2D eigenvalue weighted by Crippen LogP contribution is -2.51. The van der Waals surface area contributed by atoms with Gasteiger partial charge in [0.25, 0.3) is 0 Å². The van der Waals surface area contributed by atoms with Crippen molar-refractivity contribution in [3.63, 3.8) is 0 Å². The summed E-state index contributed by atoms with van der Waals surface area (Å²) in [5.41, 5.74) is 0.874. The largest absolute Gasteiger partial charge is 0.497 e. The molecule has 0 spiro atoms. The highest BCUT2D eigenvalue weighted by Gasteiger charge is 2.31. The van der Waals surface area contributed by atoms with Crippen LogP contribution in [0.1, 0.15) is 18.9 Å². The van der Waals surface area contributed by atoms with E-state index in [4.69, 9.17) is 27.9 Å². The molecule has 180 valence electrons. The summed E-state index contributed by atoms with van der Waals surface area (Å²) in [7, 11) is -0.862. The number of carbonyl (C=O) groups is 2. The number of rotatable bonds is 10. The predicted octanol–water partition coefficient (Wildman–Crippen LogP) is 3.32. The number of anilines is 1. The van der Waals surface area contributed by atoms with E-state index in [1.165, 1.54) is 37.3 Å². The Morgan fingerprint density at radius 2 is 1.76 bits per heavy atom. The molecule has 0 radical (unpaired) electrons. The van der Waals surface area contributed by atoms with Crippen molar-refractivity contribution < 1.29 is 22.7 Å². The van der Waals surface area contributed by atoms with Crippen LogP contribution in [-0.2, 0) is 26.2 Å².